The largest absolute Gasteiger partial charge is 0.349 e. The predicted molar refractivity (Wildman–Crippen MR) is 56.2 cm³/mol. The van der Waals surface area contributed by atoms with E-state index < -0.39 is 0 Å². The molecule has 13 heavy (non-hydrogen) atoms. The standard InChI is InChI=1S/C9H12ClNOS/c1-7(8-3-2-6-13-8)11-9(12)4-5-10/h2-3,6-7H,4-5H2,1H3,(H,11,12). The summed E-state index contributed by atoms with van der Waals surface area (Å²) < 4.78 is 0. The number of amides is 1. The summed E-state index contributed by atoms with van der Waals surface area (Å²) in [5, 5.41) is 4.87. The molecule has 0 aliphatic carbocycles. The van der Waals surface area contributed by atoms with Crippen LogP contribution in [-0.4, -0.2) is 11.8 Å². The molecule has 0 aromatic carbocycles. The SMILES string of the molecule is CC(NC(=O)CCCl)c1cccs1. The number of carbonyl (C=O) groups excluding carboxylic acids is 1. The smallest absolute Gasteiger partial charge is 0.221 e. The van der Waals surface area contributed by atoms with Crippen molar-refractivity contribution >= 4 is 28.8 Å². The lowest BCUT2D eigenvalue weighted by molar-refractivity contribution is -0.121. The molecule has 0 fully saturated rings. The average Bonchev–Trinajstić information content (AvgIpc) is 2.55. The van der Waals surface area contributed by atoms with Gasteiger partial charge in [-0.05, 0) is 18.4 Å². The molecule has 0 radical (unpaired) electrons. The van der Waals surface area contributed by atoms with Crippen LogP contribution in [0.3, 0.4) is 0 Å². The van der Waals surface area contributed by atoms with Gasteiger partial charge >= 0.3 is 0 Å². The Hall–Kier alpha value is -0.540. The van der Waals surface area contributed by atoms with Gasteiger partial charge in [0.1, 0.15) is 0 Å². The molecule has 4 heteroatoms. The first-order valence-corrected chi connectivity index (χ1v) is 5.54. The van der Waals surface area contributed by atoms with Gasteiger partial charge in [0.05, 0.1) is 6.04 Å². The zero-order valence-electron chi connectivity index (χ0n) is 7.42. The van der Waals surface area contributed by atoms with E-state index in [-0.39, 0.29) is 11.9 Å². The van der Waals surface area contributed by atoms with Gasteiger partial charge in [0.15, 0.2) is 0 Å². The van der Waals surface area contributed by atoms with Crippen LogP contribution in [0.4, 0.5) is 0 Å². The summed E-state index contributed by atoms with van der Waals surface area (Å²) in [6, 6.07) is 4.08. The molecule has 1 atom stereocenters. The maximum absolute atomic E-state index is 11.2. The minimum atomic E-state index is 0.0101. The van der Waals surface area contributed by atoms with Crippen LogP contribution in [0.25, 0.3) is 0 Å². The molecule has 0 saturated heterocycles. The number of hydrogen-bond donors (Lipinski definition) is 1. The van der Waals surface area contributed by atoms with Crippen molar-refractivity contribution < 1.29 is 4.79 Å². The summed E-state index contributed by atoms with van der Waals surface area (Å²) in [5.74, 6) is 0.388. The molecule has 1 unspecified atom stereocenters. The van der Waals surface area contributed by atoms with Crippen molar-refractivity contribution in [2.75, 3.05) is 5.88 Å². The number of thiophene rings is 1. The third-order valence-electron chi connectivity index (χ3n) is 1.67. The minimum absolute atomic E-state index is 0.0101. The average molecular weight is 218 g/mol. The van der Waals surface area contributed by atoms with Gasteiger partial charge in [-0.15, -0.1) is 22.9 Å². The monoisotopic (exact) mass is 217 g/mol. The van der Waals surface area contributed by atoms with Crippen LogP contribution in [-0.2, 0) is 4.79 Å². The first-order chi connectivity index (χ1) is 6.24. The Labute approximate surface area is 86.9 Å². The fraction of sp³-hybridized carbons (Fsp3) is 0.444. The fourth-order valence-corrected chi connectivity index (χ4v) is 1.91. The molecule has 72 valence electrons. The number of halogens is 1. The van der Waals surface area contributed by atoms with Crippen LogP contribution >= 0.6 is 22.9 Å². The molecular weight excluding hydrogens is 206 g/mol. The normalized spacial score (nSPS) is 12.5. The number of rotatable bonds is 4. The predicted octanol–water partition coefficient (Wildman–Crippen LogP) is 2.55. The summed E-state index contributed by atoms with van der Waals surface area (Å²) in [7, 11) is 0. The molecule has 1 amide bonds. The number of alkyl halides is 1. The molecule has 1 rings (SSSR count). The molecule has 0 bridgehead atoms. The number of nitrogens with one attached hydrogen (secondary N) is 1. The molecule has 1 aromatic heterocycles. The van der Waals surface area contributed by atoms with Gasteiger partial charge in [-0.2, -0.15) is 0 Å². The Kier molecular flexibility index (Phi) is 4.25. The van der Waals surface area contributed by atoms with Gasteiger partial charge in [0.25, 0.3) is 0 Å². The van der Waals surface area contributed by atoms with Gasteiger partial charge < -0.3 is 5.32 Å². The van der Waals surface area contributed by atoms with Gasteiger partial charge in [0.2, 0.25) is 5.91 Å². The number of carbonyl (C=O) groups is 1. The summed E-state index contributed by atoms with van der Waals surface area (Å²) in [4.78, 5) is 12.3. The van der Waals surface area contributed by atoms with E-state index in [0.29, 0.717) is 12.3 Å². The lowest BCUT2D eigenvalue weighted by atomic mass is 10.2. The van der Waals surface area contributed by atoms with Crippen LogP contribution in [0.2, 0.25) is 0 Å². The summed E-state index contributed by atoms with van der Waals surface area (Å²) in [5.41, 5.74) is 0. The van der Waals surface area contributed by atoms with Crippen molar-refractivity contribution in [3.05, 3.63) is 22.4 Å². The van der Waals surface area contributed by atoms with Crippen LogP contribution < -0.4 is 5.32 Å². The van der Waals surface area contributed by atoms with Crippen molar-refractivity contribution in [1.82, 2.24) is 5.32 Å². The van der Waals surface area contributed by atoms with Crippen LogP contribution in [0.5, 0.6) is 0 Å². The second kappa shape index (κ2) is 5.25. The molecule has 2 nitrogen and oxygen atoms in total. The first kappa shape index (κ1) is 10.5. The highest BCUT2D eigenvalue weighted by atomic mass is 35.5. The number of hydrogen-bond acceptors (Lipinski definition) is 2. The summed E-state index contributed by atoms with van der Waals surface area (Å²) in [6.07, 6.45) is 0.386. The van der Waals surface area contributed by atoms with E-state index >= 15 is 0 Å². The van der Waals surface area contributed by atoms with Gasteiger partial charge in [-0.25, -0.2) is 0 Å². The molecule has 0 saturated carbocycles. The second-order valence-electron chi connectivity index (χ2n) is 2.74. The molecule has 0 aliphatic rings. The van der Waals surface area contributed by atoms with E-state index in [9.17, 15) is 4.79 Å². The minimum Gasteiger partial charge on any atom is -0.349 e. The van der Waals surface area contributed by atoms with Gasteiger partial charge in [-0.1, -0.05) is 6.07 Å². The van der Waals surface area contributed by atoms with Crippen molar-refractivity contribution in [2.24, 2.45) is 0 Å². The van der Waals surface area contributed by atoms with E-state index in [1.54, 1.807) is 11.3 Å². The molecular formula is C9H12ClNOS. The van der Waals surface area contributed by atoms with Crippen LogP contribution in [0.15, 0.2) is 17.5 Å². The van der Waals surface area contributed by atoms with E-state index in [1.807, 2.05) is 24.4 Å². The molecule has 1 N–H and O–H groups in total. The molecule has 0 spiro atoms. The Bertz CT molecular complexity index is 261. The lowest BCUT2D eigenvalue weighted by Gasteiger charge is -2.10. The second-order valence-corrected chi connectivity index (χ2v) is 4.10. The van der Waals surface area contributed by atoms with Crippen molar-refractivity contribution in [2.45, 2.75) is 19.4 Å². The molecule has 1 heterocycles. The molecule has 0 aliphatic heterocycles. The maximum atomic E-state index is 11.2. The Balaban J connectivity index is 2.42. The Morgan fingerprint density at radius 3 is 3.08 bits per heavy atom. The zero-order chi connectivity index (χ0) is 9.68. The summed E-state index contributed by atoms with van der Waals surface area (Å²) >= 11 is 7.09. The van der Waals surface area contributed by atoms with E-state index in [0.717, 1.165) is 0 Å². The highest BCUT2D eigenvalue weighted by Gasteiger charge is 2.08. The maximum Gasteiger partial charge on any atom is 0.221 e. The third kappa shape index (κ3) is 3.36. The van der Waals surface area contributed by atoms with Crippen molar-refractivity contribution in [1.29, 1.82) is 0 Å². The Morgan fingerprint density at radius 2 is 2.54 bits per heavy atom. The van der Waals surface area contributed by atoms with Gasteiger partial charge in [0, 0.05) is 17.2 Å². The highest BCUT2D eigenvalue weighted by Crippen LogP contribution is 2.17. The van der Waals surface area contributed by atoms with E-state index in [4.69, 9.17) is 11.6 Å². The van der Waals surface area contributed by atoms with Crippen molar-refractivity contribution in [3.8, 4) is 0 Å². The van der Waals surface area contributed by atoms with E-state index in [2.05, 4.69) is 5.32 Å². The summed E-state index contributed by atoms with van der Waals surface area (Å²) in [6.45, 7) is 1.97. The zero-order valence-corrected chi connectivity index (χ0v) is 8.99. The first-order valence-electron chi connectivity index (χ1n) is 4.12. The van der Waals surface area contributed by atoms with Crippen molar-refractivity contribution in [3.63, 3.8) is 0 Å². The Morgan fingerprint density at radius 1 is 1.77 bits per heavy atom. The highest BCUT2D eigenvalue weighted by molar-refractivity contribution is 7.10. The van der Waals surface area contributed by atoms with E-state index in [1.165, 1.54) is 4.88 Å². The van der Waals surface area contributed by atoms with Crippen LogP contribution in [0.1, 0.15) is 24.3 Å². The lowest BCUT2D eigenvalue weighted by Crippen LogP contribution is -2.26. The topological polar surface area (TPSA) is 29.1 Å². The fourth-order valence-electron chi connectivity index (χ4n) is 1.01. The third-order valence-corrected chi connectivity index (χ3v) is 2.91. The van der Waals surface area contributed by atoms with Gasteiger partial charge in [-0.3, -0.25) is 4.79 Å². The van der Waals surface area contributed by atoms with Crippen LogP contribution in [0, 0.1) is 0 Å². The quantitative estimate of drug-likeness (QED) is 0.772. The molecule has 1 aromatic rings.